The molecule has 5 nitrogen and oxygen atoms in total. The molecule has 2 N–H and O–H groups in total. The van der Waals surface area contributed by atoms with E-state index in [1.54, 1.807) is 12.1 Å². The standard InChI is InChI=1S/C18H24N2O3S/c1-14-5-4-6-17(13-14)23-12-11-20(3)15(2)16-7-9-18(10-8-16)24(19,21)22/h4-10,13,15H,11-12H2,1-3H3,(H2,19,21,22). The fraction of sp³-hybridized carbons (Fsp3) is 0.333. The Morgan fingerprint density at radius 2 is 1.83 bits per heavy atom. The van der Waals surface area contributed by atoms with Crippen molar-refractivity contribution in [3.05, 3.63) is 59.7 Å². The highest BCUT2D eigenvalue weighted by Gasteiger charge is 2.13. The van der Waals surface area contributed by atoms with Gasteiger partial charge >= 0.3 is 0 Å². The zero-order chi connectivity index (χ0) is 17.7. The average Bonchev–Trinajstić information content (AvgIpc) is 2.53. The molecule has 24 heavy (non-hydrogen) atoms. The monoisotopic (exact) mass is 348 g/mol. The van der Waals surface area contributed by atoms with Crippen LogP contribution < -0.4 is 9.88 Å². The third-order valence-corrected chi connectivity index (χ3v) is 4.98. The number of hydrogen-bond donors (Lipinski definition) is 1. The van der Waals surface area contributed by atoms with Gasteiger partial charge in [0.15, 0.2) is 0 Å². The molecular formula is C18H24N2O3S. The van der Waals surface area contributed by atoms with Crippen molar-refractivity contribution in [3.8, 4) is 5.75 Å². The fourth-order valence-corrected chi connectivity index (χ4v) is 2.91. The third kappa shape index (κ3) is 5.06. The van der Waals surface area contributed by atoms with Crippen molar-refractivity contribution in [3.63, 3.8) is 0 Å². The van der Waals surface area contributed by atoms with E-state index in [9.17, 15) is 8.42 Å². The minimum Gasteiger partial charge on any atom is -0.492 e. The zero-order valence-electron chi connectivity index (χ0n) is 14.3. The van der Waals surface area contributed by atoms with Gasteiger partial charge in [-0.25, -0.2) is 13.6 Å². The van der Waals surface area contributed by atoms with E-state index in [1.807, 2.05) is 38.2 Å². The van der Waals surface area contributed by atoms with Gasteiger partial charge in [-0.05, 0) is 56.3 Å². The molecule has 0 bridgehead atoms. The largest absolute Gasteiger partial charge is 0.492 e. The number of benzene rings is 2. The van der Waals surface area contributed by atoms with Gasteiger partial charge in [0.25, 0.3) is 0 Å². The summed E-state index contributed by atoms with van der Waals surface area (Å²) in [4.78, 5) is 2.28. The van der Waals surface area contributed by atoms with Crippen LogP contribution in [0.1, 0.15) is 24.1 Å². The Labute approximate surface area is 144 Å². The summed E-state index contributed by atoms with van der Waals surface area (Å²) in [6.07, 6.45) is 0. The first kappa shape index (κ1) is 18.4. The number of primary sulfonamides is 1. The highest BCUT2D eigenvalue weighted by Crippen LogP contribution is 2.20. The van der Waals surface area contributed by atoms with Crippen LogP contribution in [0.15, 0.2) is 53.4 Å². The van der Waals surface area contributed by atoms with E-state index in [2.05, 4.69) is 11.8 Å². The van der Waals surface area contributed by atoms with Crippen molar-refractivity contribution in [2.45, 2.75) is 24.8 Å². The molecule has 2 aromatic carbocycles. The molecular weight excluding hydrogens is 324 g/mol. The Kier molecular flexibility index (Phi) is 5.99. The van der Waals surface area contributed by atoms with Crippen LogP contribution in [0.2, 0.25) is 0 Å². The van der Waals surface area contributed by atoms with Crippen molar-refractivity contribution in [1.82, 2.24) is 4.90 Å². The summed E-state index contributed by atoms with van der Waals surface area (Å²) in [7, 11) is -1.64. The molecule has 130 valence electrons. The van der Waals surface area contributed by atoms with Crippen LogP contribution >= 0.6 is 0 Å². The van der Waals surface area contributed by atoms with Crippen LogP contribution in [-0.2, 0) is 10.0 Å². The summed E-state index contributed by atoms with van der Waals surface area (Å²) in [5.41, 5.74) is 2.20. The lowest BCUT2D eigenvalue weighted by molar-refractivity contribution is 0.201. The van der Waals surface area contributed by atoms with Crippen molar-refractivity contribution in [2.24, 2.45) is 5.14 Å². The Hall–Kier alpha value is -1.89. The molecule has 0 radical (unpaired) electrons. The number of nitrogens with two attached hydrogens (primary N) is 1. The Morgan fingerprint density at radius 3 is 2.42 bits per heavy atom. The molecule has 6 heteroatoms. The van der Waals surface area contributed by atoms with Gasteiger partial charge in [0, 0.05) is 12.6 Å². The Morgan fingerprint density at radius 1 is 1.17 bits per heavy atom. The number of sulfonamides is 1. The van der Waals surface area contributed by atoms with Gasteiger partial charge < -0.3 is 4.74 Å². The molecule has 0 aliphatic rings. The Bertz CT molecular complexity index is 773. The minimum atomic E-state index is -3.65. The molecule has 0 saturated carbocycles. The summed E-state index contributed by atoms with van der Waals surface area (Å²) in [6, 6.07) is 14.8. The van der Waals surface area contributed by atoms with Gasteiger partial charge in [-0.3, -0.25) is 4.90 Å². The van der Waals surface area contributed by atoms with Gasteiger partial charge in [-0.2, -0.15) is 0 Å². The maximum atomic E-state index is 11.3. The van der Waals surface area contributed by atoms with E-state index in [0.29, 0.717) is 6.61 Å². The predicted molar refractivity (Wildman–Crippen MR) is 95.5 cm³/mol. The maximum absolute atomic E-state index is 11.3. The SMILES string of the molecule is Cc1cccc(OCCN(C)C(C)c2ccc(S(N)(=O)=O)cc2)c1. The van der Waals surface area contributed by atoms with Crippen molar-refractivity contribution < 1.29 is 13.2 Å². The maximum Gasteiger partial charge on any atom is 0.238 e. The van der Waals surface area contributed by atoms with Crippen LogP contribution in [0.25, 0.3) is 0 Å². The molecule has 1 atom stereocenters. The van der Waals surface area contributed by atoms with Gasteiger partial charge in [0.1, 0.15) is 12.4 Å². The minimum absolute atomic E-state index is 0.129. The highest BCUT2D eigenvalue weighted by molar-refractivity contribution is 7.89. The number of nitrogens with zero attached hydrogens (tertiary/aromatic N) is 1. The molecule has 0 aliphatic heterocycles. The predicted octanol–water partition coefficient (Wildman–Crippen LogP) is 2.71. The van der Waals surface area contributed by atoms with Crippen LogP contribution in [0.4, 0.5) is 0 Å². The second-order valence-electron chi connectivity index (χ2n) is 5.94. The molecule has 2 aromatic rings. The van der Waals surface area contributed by atoms with Gasteiger partial charge in [0.05, 0.1) is 4.90 Å². The van der Waals surface area contributed by atoms with E-state index < -0.39 is 10.0 Å². The molecule has 0 spiro atoms. The summed E-state index contributed by atoms with van der Waals surface area (Å²) < 4.78 is 28.4. The van der Waals surface area contributed by atoms with Crippen molar-refractivity contribution in [2.75, 3.05) is 20.2 Å². The lowest BCUT2D eigenvalue weighted by atomic mass is 10.1. The second-order valence-corrected chi connectivity index (χ2v) is 7.50. The number of likely N-dealkylation sites (N-methyl/N-ethyl adjacent to an activating group) is 1. The van der Waals surface area contributed by atoms with E-state index in [0.717, 1.165) is 17.9 Å². The lowest BCUT2D eigenvalue weighted by Gasteiger charge is -2.25. The highest BCUT2D eigenvalue weighted by atomic mass is 32.2. The third-order valence-electron chi connectivity index (χ3n) is 4.05. The summed E-state index contributed by atoms with van der Waals surface area (Å²) in [5.74, 6) is 0.869. The van der Waals surface area contributed by atoms with Crippen LogP contribution in [0.3, 0.4) is 0 Å². The van der Waals surface area contributed by atoms with Crippen molar-refractivity contribution in [1.29, 1.82) is 0 Å². The van der Waals surface area contributed by atoms with Crippen LogP contribution in [-0.4, -0.2) is 33.5 Å². The molecule has 0 fully saturated rings. The van der Waals surface area contributed by atoms with Crippen LogP contribution in [0.5, 0.6) is 5.75 Å². The smallest absolute Gasteiger partial charge is 0.238 e. The van der Waals surface area contributed by atoms with E-state index in [1.165, 1.54) is 17.7 Å². The molecule has 0 aliphatic carbocycles. The molecule has 0 heterocycles. The van der Waals surface area contributed by atoms with Crippen molar-refractivity contribution >= 4 is 10.0 Å². The number of hydrogen-bond acceptors (Lipinski definition) is 4. The molecule has 2 rings (SSSR count). The number of aryl methyl sites for hydroxylation is 1. The second kappa shape index (κ2) is 7.79. The van der Waals surface area contributed by atoms with Gasteiger partial charge in [-0.1, -0.05) is 24.3 Å². The molecule has 0 amide bonds. The van der Waals surface area contributed by atoms with E-state index in [-0.39, 0.29) is 10.9 Å². The quantitative estimate of drug-likeness (QED) is 0.835. The van der Waals surface area contributed by atoms with E-state index in [4.69, 9.17) is 9.88 Å². The molecule has 0 saturated heterocycles. The van der Waals surface area contributed by atoms with E-state index >= 15 is 0 Å². The first-order valence-corrected chi connectivity index (χ1v) is 9.34. The Balaban J connectivity index is 1.91. The topological polar surface area (TPSA) is 72.6 Å². The summed E-state index contributed by atoms with van der Waals surface area (Å²) >= 11 is 0. The molecule has 1 unspecified atom stereocenters. The number of ether oxygens (including phenoxy) is 1. The van der Waals surface area contributed by atoms with Gasteiger partial charge in [-0.15, -0.1) is 0 Å². The average molecular weight is 348 g/mol. The lowest BCUT2D eigenvalue weighted by Crippen LogP contribution is -2.27. The zero-order valence-corrected chi connectivity index (χ0v) is 15.1. The molecule has 0 aromatic heterocycles. The fourth-order valence-electron chi connectivity index (χ4n) is 2.40. The van der Waals surface area contributed by atoms with Gasteiger partial charge in [0.2, 0.25) is 10.0 Å². The first-order valence-electron chi connectivity index (χ1n) is 7.80. The number of rotatable bonds is 7. The van der Waals surface area contributed by atoms with Crippen LogP contribution in [0, 0.1) is 6.92 Å². The normalized spacial score (nSPS) is 13.0. The summed E-state index contributed by atoms with van der Waals surface area (Å²) in [5, 5.41) is 5.12. The first-order chi connectivity index (χ1) is 11.3. The summed E-state index contributed by atoms with van der Waals surface area (Å²) in [6.45, 7) is 5.44.